The predicted octanol–water partition coefficient (Wildman–Crippen LogP) is 0.765. The molecule has 2 aliphatic rings. The largest absolute Gasteiger partial charge is 0.428 e. The predicted molar refractivity (Wildman–Crippen MR) is 127 cm³/mol. The van der Waals surface area contributed by atoms with E-state index in [9.17, 15) is 24.4 Å². The molecule has 184 valence electrons. The Morgan fingerprint density at radius 1 is 1.41 bits per heavy atom. The summed E-state index contributed by atoms with van der Waals surface area (Å²) in [6.45, 7) is 1.26. The lowest BCUT2D eigenvalue weighted by Crippen LogP contribution is -2.71. The summed E-state index contributed by atoms with van der Waals surface area (Å²) in [4.78, 5) is 55.1. The van der Waals surface area contributed by atoms with Crippen molar-refractivity contribution < 1.29 is 33.9 Å². The number of nitrogens with two attached hydrogens (primary N) is 1. The molecule has 4 N–H and O–H groups in total. The Hall–Kier alpha value is -2.78. The number of aromatic nitrogens is 1. The molecule has 1 fully saturated rings. The van der Waals surface area contributed by atoms with Gasteiger partial charge in [0.15, 0.2) is 10.8 Å². The summed E-state index contributed by atoms with van der Waals surface area (Å²) in [7, 11) is 0. The number of ether oxygens (including phenoxy) is 2. The lowest BCUT2D eigenvalue weighted by molar-refractivity contribution is -0.168. The molecule has 1 aromatic heterocycles. The van der Waals surface area contributed by atoms with Crippen LogP contribution in [0.25, 0.3) is 0 Å². The number of anilines is 1. The molecule has 3 heterocycles. The molecule has 15 heteroatoms. The summed E-state index contributed by atoms with van der Waals surface area (Å²) in [5, 5.41) is 15.9. The van der Waals surface area contributed by atoms with Gasteiger partial charge in [-0.25, -0.2) is 9.78 Å². The number of fused-ring (bicyclic) bond motifs is 1. The summed E-state index contributed by atoms with van der Waals surface area (Å²) in [6.07, 6.45) is 2.67. The highest BCUT2D eigenvalue weighted by Gasteiger charge is 2.54. The van der Waals surface area contributed by atoms with Crippen LogP contribution in [0.4, 0.5) is 5.13 Å². The first kappa shape index (κ1) is 25.8. The number of oxime groups is 1. The van der Waals surface area contributed by atoms with Gasteiger partial charge in [0.1, 0.15) is 22.8 Å². The smallest absolute Gasteiger partial charge is 0.357 e. The number of β-lactam (4-membered cyclic amide) rings is 1. The van der Waals surface area contributed by atoms with Crippen LogP contribution in [0.15, 0.2) is 21.8 Å². The number of nitrogens with zero attached hydrogens (tertiary/aromatic N) is 3. The molecule has 0 aromatic carbocycles. The number of nitrogens with one attached hydrogen (secondary N) is 1. The molecule has 0 bridgehead atoms. The van der Waals surface area contributed by atoms with Gasteiger partial charge in [-0.15, -0.1) is 23.1 Å². The maximum Gasteiger partial charge on any atom is 0.357 e. The van der Waals surface area contributed by atoms with Crippen molar-refractivity contribution in [2.24, 2.45) is 5.16 Å². The number of hydrogen-bond donors (Lipinski definition) is 3. The molecule has 0 saturated carbocycles. The fourth-order valence-electron chi connectivity index (χ4n) is 3.27. The zero-order valence-corrected chi connectivity index (χ0v) is 20.8. The van der Waals surface area contributed by atoms with Gasteiger partial charge in [-0.05, 0) is 18.2 Å². The number of thiazole rings is 1. The second kappa shape index (κ2) is 11.6. The van der Waals surface area contributed by atoms with Crippen LogP contribution in [0.3, 0.4) is 0 Å². The fourth-order valence-corrected chi connectivity index (χ4v) is 5.88. The molecule has 2 amide bonds. The lowest BCUT2D eigenvalue weighted by atomic mass is 10.0. The summed E-state index contributed by atoms with van der Waals surface area (Å²) in [5.41, 5.74) is 6.04. The SMILES string of the molecule is CCCC(=O)OCOC(=O)C1=C(CSC)CS[C@@H]2C(NC(=O)C(=NO)c3csc(N)n3)C(=O)N12. The van der Waals surface area contributed by atoms with Crippen molar-refractivity contribution in [3.8, 4) is 0 Å². The van der Waals surface area contributed by atoms with E-state index in [2.05, 4.69) is 15.5 Å². The highest BCUT2D eigenvalue weighted by atomic mass is 32.2. The number of thioether (sulfide) groups is 2. The van der Waals surface area contributed by atoms with Crippen LogP contribution in [0.2, 0.25) is 0 Å². The van der Waals surface area contributed by atoms with Crippen LogP contribution in [-0.2, 0) is 28.7 Å². The number of esters is 2. The van der Waals surface area contributed by atoms with Gasteiger partial charge in [0, 0.05) is 23.3 Å². The third-order valence-electron chi connectivity index (χ3n) is 4.79. The van der Waals surface area contributed by atoms with Crippen molar-refractivity contribution in [2.45, 2.75) is 31.2 Å². The number of amides is 2. The quantitative estimate of drug-likeness (QED) is 0.0975. The van der Waals surface area contributed by atoms with Crippen LogP contribution < -0.4 is 11.1 Å². The van der Waals surface area contributed by atoms with Gasteiger partial charge >= 0.3 is 11.9 Å². The Balaban J connectivity index is 1.70. The van der Waals surface area contributed by atoms with Gasteiger partial charge in [-0.3, -0.25) is 19.3 Å². The van der Waals surface area contributed by atoms with Crippen LogP contribution in [-0.4, -0.2) is 80.5 Å². The molecule has 34 heavy (non-hydrogen) atoms. The van der Waals surface area contributed by atoms with Crippen molar-refractivity contribution >= 4 is 69.5 Å². The maximum atomic E-state index is 12.9. The zero-order chi connectivity index (χ0) is 24.8. The third-order valence-corrected chi connectivity index (χ3v) is 7.44. The van der Waals surface area contributed by atoms with Crippen LogP contribution >= 0.6 is 34.9 Å². The minimum Gasteiger partial charge on any atom is -0.428 e. The first-order valence-electron chi connectivity index (χ1n) is 10.0. The Kier molecular flexibility index (Phi) is 8.79. The van der Waals surface area contributed by atoms with E-state index >= 15 is 0 Å². The second-order valence-electron chi connectivity index (χ2n) is 7.08. The number of rotatable bonds is 10. The van der Waals surface area contributed by atoms with E-state index in [0.29, 0.717) is 23.5 Å². The van der Waals surface area contributed by atoms with Crippen molar-refractivity contribution in [1.82, 2.24) is 15.2 Å². The summed E-state index contributed by atoms with van der Waals surface area (Å²) < 4.78 is 9.97. The average molecular weight is 530 g/mol. The van der Waals surface area contributed by atoms with Crippen molar-refractivity contribution in [3.63, 3.8) is 0 Å². The van der Waals surface area contributed by atoms with Gasteiger partial charge in [0.05, 0.1) is 0 Å². The maximum absolute atomic E-state index is 12.9. The van der Waals surface area contributed by atoms with E-state index in [1.54, 1.807) is 0 Å². The van der Waals surface area contributed by atoms with Crippen molar-refractivity contribution in [3.05, 3.63) is 22.3 Å². The van der Waals surface area contributed by atoms with Gasteiger partial charge in [-0.2, -0.15) is 11.8 Å². The minimum absolute atomic E-state index is 0.0754. The number of nitrogen functional groups attached to an aromatic ring is 1. The van der Waals surface area contributed by atoms with E-state index in [1.165, 1.54) is 33.8 Å². The standard InChI is InChI=1S/C19H23N5O7S3/c1-3-4-11(25)30-8-31-18(28)14-9(5-32-2)6-33-17-13(16(27)24(14)17)22-15(26)12(23-29)10-7-34-19(20)21-10/h7,13,17,29H,3-6,8H2,1-2H3,(H2,20,21)(H,22,26)/t13?,17-/m1/s1. The van der Waals surface area contributed by atoms with E-state index in [4.69, 9.17) is 15.2 Å². The molecule has 2 atom stereocenters. The van der Waals surface area contributed by atoms with Crippen molar-refractivity contribution in [2.75, 3.05) is 30.3 Å². The van der Waals surface area contributed by atoms with E-state index in [-0.39, 0.29) is 28.7 Å². The van der Waals surface area contributed by atoms with Gasteiger partial charge < -0.3 is 25.7 Å². The van der Waals surface area contributed by atoms with E-state index in [0.717, 1.165) is 11.3 Å². The molecular formula is C19H23N5O7S3. The highest BCUT2D eigenvalue weighted by molar-refractivity contribution is 8.00. The summed E-state index contributed by atoms with van der Waals surface area (Å²) in [6, 6.07) is -0.953. The topological polar surface area (TPSA) is 174 Å². The minimum atomic E-state index is -0.953. The Morgan fingerprint density at radius 3 is 2.79 bits per heavy atom. The molecular weight excluding hydrogens is 506 g/mol. The van der Waals surface area contributed by atoms with Gasteiger partial charge in [-0.1, -0.05) is 12.1 Å². The Bertz CT molecular complexity index is 1040. The number of carbonyl (C=O) groups excluding carboxylic acids is 4. The molecule has 0 radical (unpaired) electrons. The molecule has 3 rings (SSSR count). The molecule has 1 saturated heterocycles. The third kappa shape index (κ3) is 5.47. The molecule has 1 aromatic rings. The Labute approximate surface area is 207 Å². The van der Waals surface area contributed by atoms with E-state index in [1.807, 2.05) is 13.2 Å². The summed E-state index contributed by atoms with van der Waals surface area (Å²) >= 11 is 3.93. The lowest BCUT2D eigenvalue weighted by Gasteiger charge is -2.49. The highest BCUT2D eigenvalue weighted by Crippen LogP contribution is 2.41. The van der Waals surface area contributed by atoms with Gasteiger partial charge in [0.2, 0.25) is 6.79 Å². The van der Waals surface area contributed by atoms with E-state index < -0.39 is 42.0 Å². The normalized spacial score (nSPS) is 19.9. The molecule has 1 unspecified atom stereocenters. The molecule has 0 aliphatic carbocycles. The Morgan fingerprint density at radius 2 is 2.18 bits per heavy atom. The molecule has 2 aliphatic heterocycles. The number of carbonyl (C=O) groups is 4. The second-order valence-corrected chi connectivity index (χ2v) is 9.94. The van der Waals surface area contributed by atoms with Crippen LogP contribution in [0.5, 0.6) is 0 Å². The number of hydrogen-bond acceptors (Lipinski definition) is 13. The molecule has 12 nitrogen and oxygen atoms in total. The fraction of sp³-hybridized carbons (Fsp3) is 0.474. The summed E-state index contributed by atoms with van der Waals surface area (Å²) in [5.74, 6) is -1.67. The monoisotopic (exact) mass is 529 g/mol. The first-order chi connectivity index (χ1) is 16.3. The first-order valence-corrected chi connectivity index (χ1v) is 13.4. The average Bonchev–Trinajstić information content (AvgIpc) is 3.23. The molecule has 0 spiro atoms. The zero-order valence-electron chi connectivity index (χ0n) is 18.3. The van der Waals surface area contributed by atoms with Crippen LogP contribution in [0, 0.1) is 0 Å². The van der Waals surface area contributed by atoms with Gasteiger partial charge in [0.25, 0.3) is 11.8 Å². The van der Waals surface area contributed by atoms with Crippen molar-refractivity contribution in [1.29, 1.82) is 0 Å². The van der Waals surface area contributed by atoms with Crippen LogP contribution in [0.1, 0.15) is 25.5 Å².